The highest BCUT2D eigenvalue weighted by atomic mass is 19.1. The molecule has 0 bridgehead atoms. The summed E-state index contributed by atoms with van der Waals surface area (Å²) in [4.78, 5) is 23.7. The summed E-state index contributed by atoms with van der Waals surface area (Å²) in [5.74, 6) is -1.30. The van der Waals surface area contributed by atoms with E-state index < -0.39 is 11.7 Å². The summed E-state index contributed by atoms with van der Waals surface area (Å²) in [6, 6.07) is 7.70. The monoisotopic (exact) mass is 345 g/mol. The Hall–Kier alpha value is -2.74. The molecule has 2 amide bonds. The highest BCUT2D eigenvalue weighted by molar-refractivity contribution is 5.94. The number of carbonyl (C=O) groups is 2. The topological polar surface area (TPSA) is 88.1 Å². The normalized spacial score (nSPS) is 13.2. The first-order chi connectivity index (χ1) is 12.1. The van der Waals surface area contributed by atoms with Crippen LogP contribution in [-0.4, -0.2) is 34.7 Å². The SMILES string of the molecule is O=C(CCNC(=O)c1ccccc1F)NCc1cc2n(n1)CCNC2. The number of hydrogen-bond acceptors (Lipinski definition) is 4. The lowest BCUT2D eigenvalue weighted by atomic mass is 10.2. The molecule has 1 aliphatic heterocycles. The van der Waals surface area contributed by atoms with Crippen LogP contribution in [0.15, 0.2) is 30.3 Å². The van der Waals surface area contributed by atoms with Crippen LogP contribution in [0.5, 0.6) is 0 Å². The summed E-state index contributed by atoms with van der Waals surface area (Å²) in [5, 5.41) is 13.0. The lowest BCUT2D eigenvalue weighted by Crippen LogP contribution is -2.31. The number of carbonyl (C=O) groups excluding carboxylic acids is 2. The maximum absolute atomic E-state index is 13.5. The third-order valence-electron chi connectivity index (χ3n) is 3.94. The van der Waals surface area contributed by atoms with Gasteiger partial charge in [0.2, 0.25) is 5.91 Å². The fourth-order valence-corrected chi connectivity index (χ4v) is 2.65. The van der Waals surface area contributed by atoms with Crippen molar-refractivity contribution in [3.63, 3.8) is 0 Å². The first kappa shape index (κ1) is 17.1. The highest BCUT2D eigenvalue weighted by Gasteiger charge is 2.13. The summed E-state index contributed by atoms with van der Waals surface area (Å²) < 4.78 is 15.4. The van der Waals surface area contributed by atoms with Crippen LogP contribution in [0.3, 0.4) is 0 Å². The molecular weight excluding hydrogens is 325 g/mol. The summed E-state index contributed by atoms with van der Waals surface area (Å²) in [7, 11) is 0. The molecule has 0 spiro atoms. The van der Waals surface area contributed by atoms with Crippen LogP contribution in [0.25, 0.3) is 0 Å². The number of nitrogens with zero attached hydrogens (tertiary/aromatic N) is 2. The van der Waals surface area contributed by atoms with Gasteiger partial charge in [0.15, 0.2) is 0 Å². The number of halogens is 1. The Morgan fingerprint density at radius 1 is 1.28 bits per heavy atom. The highest BCUT2D eigenvalue weighted by Crippen LogP contribution is 2.08. The molecule has 7 nitrogen and oxygen atoms in total. The lowest BCUT2D eigenvalue weighted by molar-refractivity contribution is -0.121. The molecule has 0 aliphatic carbocycles. The first-order valence-electron chi connectivity index (χ1n) is 8.19. The van der Waals surface area contributed by atoms with Gasteiger partial charge in [0.25, 0.3) is 5.91 Å². The van der Waals surface area contributed by atoms with Crippen LogP contribution in [0.4, 0.5) is 4.39 Å². The molecule has 0 unspecified atom stereocenters. The van der Waals surface area contributed by atoms with Crippen molar-refractivity contribution < 1.29 is 14.0 Å². The van der Waals surface area contributed by atoms with Crippen molar-refractivity contribution in [3.8, 4) is 0 Å². The van der Waals surface area contributed by atoms with Gasteiger partial charge in [-0.2, -0.15) is 5.10 Å². The van der Waals surface area contributed by atoms with E-state index >= 15 is 0 Å². The Bertz CT molecular complexity index is 751. The minimum Gasteiger partial charge on any atom is -0.351 e. The third-order valence-corrected chi connectivity index (χ3v) is 3.94. The maximum atomic E-state index is 13.5. The standard InChI is InChI=1S/C17H20FN5O2/c18-15-4-2-1-3-14(15)17(25)20-6-5-16(24)21-10-12-9-13-11-19-7-8-23(13)22-12/h1-4,9,19H,5-8,10-11H2,(H,20,25)(H,21,24). The van der Waals surface area contributed by atoms with Gasteiger partial charge in [-0.3, -0.25) is 14.3 Å². The van der Waals surface area contributed by atoms with E-state index in [0.717, 1.165) is 31.0 Å². The molecule has 1 aliphatic rings. The van der Waals surface area contributed by atoms with Crippen molar-refractivity contribution in [2.24, 2.45) is 0 Å². The van der Waals surface area contributed by atoms with Crippen LogP contribution in [-0.2, 0) is 24.4 Å². The van der Waals surface area contributed by atoms with Gasteiger partial charge in [-0.15, -0.1) is 0 Å². The van der Waals surface area contributed by atoms with E-state index in [4.69, 9.17) is 0 Å². The molecule has 0 atom stereocenters. The van der Waals surface area contributed by atoms with Crippen molar-refractivity contribution in [1.82, 2.24) is 25.7 Å². The Morgan fingerprint density at radius 2 is 2.12 bits per heavy atom. The van der Waals surface area contributed by atoms with Crippen molar-refractivity contribution in [2.75, 3.05) is 13.1 Å². The molecule has 2 heterocycles. The van der Waals surface area contributed by atoms with Gasteiger partial charge >= 0.3 is 0 Å². The summed E-state index contributed by atoms with van der Waals surface area (Å²) in [6.07, 6.45) is 0.120. The molecule has 1 aromatic carbocycles. The van der Waals surface area contributed by atoms with Gasteiger partial charge in [0.05, 0.1) is 30.0 Å². The number of benzene rings is 1. The molecule has 8 heteroatoms. The van der Waals surface area contributed by atoms with E-state index in [1.807, 2.05) is 10.7 Å². The average molecular weight is 345 g/mol. The molecule has 3 rings (SSSR count). The molecule has 3 N–H and O–H groups in total. The van der Waals surface area contributed by atoms with Crippen molar-refractivity contribution in [3.05, 3.63) is 53.1 Å². The molecular formula is C17H20FN5O2. The number of rotatable bonds is 6. The fourth-order valence-electron chi connectivity index (χ4n) is 2.65. The third kappa shape index (κ3) is 4.42. The Morgan fingerprint density at radius 3 is 2.92 bits per heavy atom. The Balaban J connectivity index is 1.40. The van der Waals surface area contributed by atoms with Crippen molar-refractivity contribution in [1.29, 1.82) is 0 Å². The number of aromatic nitrogens is 2. The van der Waals surface area contributed by atoms with Crippen molar-refractivity contribution in [2.45, 2.75) is 26.1 Å². The van der Waals surface area contributed by atoms with Gasteiger partial charge in [0, 0.05) is 26.1 Å². The van der Waals surface area contributed by atoms with E-state index in [2.05, 4.69) is 21.0 Å². The van der Waals surface area contributed by atoms with E-state index in [0.29, 0.717) is 6.54 Å². The van der Waals surface area contributed by atoms with Crippen LogP contribution in [0.2, 0.25) is 0 Å². The van der Waals surface area contributed by atoms with Gasteiger partial charge in [-0.1, -0.05) is 12.1 Å². The van der Waals surface area contributed by atoms with Crippen molar-refractivity contribution >= 4 is 11.8 Å². The maximum Gasteiger partial charge on any atom is 0.254 e. The van der Waals surface area contributed by atoms with E-state index in [1.165, 1.54) is 18.2 Å². The summed E-state index contributed by atoms with van der Waals surface area (Å²) >= 11 is 0. The number of fused-ring (bicyclic) bond motifs is 1. The zero-order valence-corrected chi connectivity index (χ0v) is 13.7. The second-order valence-electron chi connectivity index (χ2n) is 5.79. The van der Waals surface area contributed by atoms with Gasteiger partial charge in [-0.05, 0) is 18.2 Å². The predicted molar refractivity (Wildman–Crippen MR) is 89.1 cm³/mol. The van der Waals surface area contributed by atoms with Crippen LogP contribution < -0.4 is 16.0 Å². The van der Waals surface area contributed by atoms with E-state index in [9.17, 15) is 14.0 Å². The van der Waals surface area contributed by atoms with E-state index in [1.54, 1.807) is 6.07 Å². The predicted octanol–water partition coefficient (Wildman–Crippen LogP) is 0.562. The second-order valence-corrected chi connectivity index (χ2v) is 5.79. The largest absolute Gasteiger partial charge is 0.351 e. The fraction of sp³-hybridized carbons (Fsp3) is 0.353. The second kappa shape index (κ2) is 7.89. The first-order valence-corrected chi connectivity index (χ1v) is 8.19. The summed E-state index contributed by atoms with van der Waals surface area (Å²) in [6.45, 7) is 2.99. The molecule has 132 valence electrons. The molecule has 2 aromatic rings. The van der Waals surface area contributed by atoms with Gasteiger partial charge in [-0.25, -0.2) is 4.39 Å². The number of nitrogens with one attached hydrogen (secondary N) is 3. The van der Waals surface area contributed by atoms with Crippen LogP contribution in [0.1, 0.15) is 28.2 Å². The zero-order chi connectivity index (χ0) is 17.6. The molecule has 1 aromatic heterocycles. The Labute approximate surface area is 144 Å². The quantitative estimate of drug-likeness (QED) is 0.714. The minimum atomic E-state index is -0.581. The molecule has 0 radical (unpaired) electrons. The summed E-state index contributed by atoms with van der Waals surface area (Å²) in [5.41, 5.74) is 1.88. The zero-order valence-electron chi connectivity index (χ0n) is 13.7. The minimum absolute atomic E-state index is 0.0277. The average Bonchev–Trinajstić information content (AvgIpc) is 3.03. The van der Waals surface area contributed by atoms with E-state index in [-0.39, 0.29) is 24.4 Å². The number of amides is 2. The van der Waals surface area contributed by atoms with Gasteiger partial charge < -0.3 is 16.0 Å². The lowest BCUT2D eigenvalue weighted by Gasteiger charge is -2.13. The molecule has 0 fully saturated rings. The molecule has 0 saturated carbocycles. The molecule has 25 heavy (non-hydrogen) atoms. The van der Waals surface area contributed by atoms with Crippen LogP contribution in [0, 0.1) is 5.82 Å². The molecule has 0 saturated heterocycles. The smallest absolute Gasteiger partial charge is 0.254 e. The Kier molecular flexibility index (Phi) is 5.39. The number of hydrogen-bond donors (Lipinski definition) is 3. The van der Waals surface area contributed by atoms with Gasteiger partial charge in [0.1, 0.15) is 5.82 Å². The van der Waals surface area contributed by atoms with Crippen LogP contribution >= 0.6 is 0 Å².